The van der Waals surface area contributed by atoms with Gasteiger partial charge in [0.1, 0.15) is 11.5 Å². The molecule has 0 aliphatic heterocycles. The first-order valence-electron chi connectivity index (χ1n) is 5.05. The number of carboxylic acids is 1. The van der Waals surface area contributed by atoms with Gasteiger partial charge < -0.3 is 5.11 Å². The Morgan fingerprint density at radius 3 is 2.59 bits per heavy atom. The van der Waals surface area contributed by atoms with Gasteiger partial charge in [0.05, 0.1) is 0 Å². The van der Waals surface area contributed by atoms with E-state index in [9.17, 15) is 9.18 Å². The highest BCUT2D eigenvalue weighted by Crippen LogP contribution is 2.19. The van der Waals surface area contributed by atoms with Crippen LogP contribution in [-0.2, 0) is 0 Å². The molecule has 2 rings (SSSR count). The van der Waals surface area contributed by atoms with Gasteiger partial charge in [0.2, 0.25) is 0 Å². The summed E-state index contributed by atoms with van der Waals surface area (Å²) in [7, 11) is 0. The lowest BCUT2D eigenvalue weighted by atomic mass is 10.2. The first-order valence-corrected chi connectivity index (χ1v) is 5.05. The predicted molar refractivity (Wildman–Crippen MR) is 60.0 cm³/mol. The first-order chi connectivity index (χ1) is 8.00. The highest BCUT2D eigenvalue weighted by molar-refractivity contribution is 5.86. The Bertz CT molecular complexity index is 570. The van der Waals surface area contributed by atoms with Gasteiger partial charge in [-0.15, -0.1) is 0 Å². The van der Waals surface area contributed by atoms with Gasteiger partial charge in [-0.2, -0.15) is 5.10 Å². The van der Waals surface area contributed by atoms with Crippen LogP contribution < -0.4 is 0 Å². The maximum atomic E-state index is 13.7. The van der Waals surface area contributed by atoms with Crippen LogP contribution in [0.25, 0.3) is 5.69 Å². The second-order valence-corrected chi connectivity index (χ2v) is 3.82. The van der Waals surface area contributed by atoms with Crippen LogP contribution in [0.2, 0.25) is 0 Å². The molecule has 17 heavy (non-hydrogen) atoms. The molecule has 2 aromatic rings. The topological polar surface area (TPSA) is 55.1 Å². The van der Waals surface area contributed by atoms with Crippen molar-refractivity contribution in [3.8, 4) is 5.69 Å². The van der Waals surface area contributed by atoms with Crippen molar-refractivity contribution in [2.75, 3.05) is 0 Å². The number of rotatable bonds is 2. The van der Waals surface area contributed by atoms with E-state index in [2.05, 4.69) is 5.10 Å². The Labute approximate surface area is 97.3 Å². The quantitative estimate of drug-likeness (QED) is 0.867. The summed E-state index contributed by atoms with van der Waals surface area (Å²) in [5, 5.41) is 12.8. The van der Waals surface area contributed by atoms with Crippen LogP contribution in [0.1, 0.15) is 21.6 Å². The predicted octanol–water partition coefficient (Wildman–Crippen LogP) is 2.33. The van der Waals surface area contributed by atoms with E-state index in [1.54, 1.807) is 26.0 Å². The summed E-state index contributed by atoms with van der Waals surface area (Å²) < 4.78 is 14.9. The molecule has 1 N–H and O–H groups in total. The number of benzene rings is 1. The minimum absolute atomic E-state index is 0.0624. The minimum Gasteiger partial charge on any atom is -0.476 e. The van der Waals surface area contributed by atoms with Crippen LogP contribution in [0.4, 0.5) is 4.39 Å². The molecule has 0 aliphatic rings. The van der Waals surface area contributed by atoms with Crippen molar-refractivity contribution in [3.05, 3.63) is 47.0 Å². The van der Waals surface area contributed by atoms with Crippen LogP contribution in [-0.4, -0.2) is 20.9 Å². The average molecular weight is 234 g/mol. The number of aromatic nitrogens is 2. The lowest BCUT2D eigenvalue weighted by Crippen LogP contribution is -2.04. The van der Waals surface area contributed by atoms with Crippen molar-refractivity contribution < 1.29 is 14.3 Å². The van der Waals surface area contributed by atoms with Crippen LogP contribution in [0.3, 0.4) is 0 Å². The molecule has 0 fully saturated rings. The minimum atomic E-state index is -1.12. The van der Waals surface area contributed by atoms with Gasteiger partial charge >= 0.3 is 5.97 Å². The molecule has 5 heteroatoms. The van der Waals surface area contributed by atoms with Crippen LogP contribution in [0.15, 0.2) is 24.4 Å². The van der Waals surface area contributed by atoms with Crippen molar-refractivity contribution in [1.82, 2.24) is 9.78 Å². The van der Waals surface area contributed by atoms with Gasteiger partial charge in [0.25, 0.3) is 0 Å². The van der Waals surface area contributed by atoms with Gasteiger partial charge in [-0.1, -0.05) is 12.1 Å². The summed E-state index contributed by atoms with van der Waals surface area (Å²) in [6, 6.07) is 4.66. The number of aromatic carboxylic acids is 1. The van der Waals surface area contributed by atoms with Crippen molar-refractivity contribution in [3.63, 3.8) is 0 Å². The summed E-state index contributed by atoms with van der Waals surface area (Å²) in [6.07, 6.45) is 1.51. The standard InChI is InChI=1S/C12H11FN2O2/c1-7-4-3-5-9(13)11(7)15-6-8(2)10(14-15)12(16)17/h3-6H,1-2H3,(H,16,17). The summed E-state index contributed by atoms with van der Waals surface area (Å²) in [5.41, 5.74) is 1.42. The Kier molecular flexibility index (Phi) is 2.67. The molecule has 0 saturated heterocycles. The van der Waals surface area contributed by atoms with Gasteiger partial charge in [0.15, 0.2) is 5.69 Å². The Morgan fingerprint density at radius 2 is 2.06 bits per heavy atom. The number of nitrogens with zero attached hydrogens (tertiary/aromatic N) is 2. The van der Waals surface area contributed by atoms with Crippen molar-refractivity contribution >= 4 is 5.97 Å². The fourth-order valence-corrected chi connectivity index (χ4v) is 1.70. The molecule has 0 saturated carbocycles. The molecule has 1 heterocycles. The molecule has 0 amide bonds. The van der Waals surface area contributed by atoms with Gasteiger partial charge in [-0.3, -0.25) is 0 Å². The van der Waals surface area contributed by atoms with Gasteiger partial charge in [0, 0.05) is 11.8 Å². The van der Waals surface area contributed by atoms with E-state index in [1.165, 1.54) is 16.9 Å². The Hall–Kier alpha value is -2.17. The van der Waals surface area contributed by atoms with E-state index in [0.29, 0.717) is 11.1 Å². The second kappa shape index (κ2) is 4.01. The Morgan fingerprint density at radius 1 is 1.35 bits per heavy atom. The first kappa shape index (κ1) is 11.3. The van der Waals surface area contributed by atoms with Crippen molar-refractivity contribution in [2.45, 2.75) is 13.8 Å². The highest BCUT2D eigenvalue weighted by Gasteiger charge is 2.15. The van der Waals surface area contributed by atoms with Crippen LogP contribution >= 0.6 is 0 Å². The van der Waals surface area contributed by atoms with E-state index >= 15 is 0 Å². The molecule has 1 aromatic carbocycles. The third kappa shape index (κ3) is 1.91. The Balaban J connectivity index is 2.62. The molecule has 0 unspecified atom stereocenters. The van der Waals surface area contributed by atoms with E-state index in [1.807, 2.05) is 0 Å². The molecule has 0 bridgehead atoms. The van der Waals surface area contributed by atoms with E-state index in [0.717, 1.165) is 0 Å². The summed E-state index contributed by atoms with van der Waals surface area (Å²) in [4.78, 5) is 10.9. The van der Waals surface area contributed by atoms with E-state index < -0.39 is 11.8 Å². The van der Waals surface area contributed by atoms with Crippen LogP contribution in [0.5, 0.6) is 0 Å². The van der Waals surface area contributed by atoms with Crippen LogP contribution in [0, 0.1) is 19.7 Å². The summed E-state index contributed by atoms with van der Waals surface area (Å²) in [6.45, 7) is 3.37. The third-order valence-electron chi connectivity index (χ3n) is 2.52. The highest BCUT2D eigenvalue weighted by atomic mass is 19.1. The lowest BCUT2D eigenvalue weighted by molar-refractivity contribution is 0.0689. The fraction of sp³-hybridized carbons (Fsp3) is 0.167. The summed E-state index contributed by atoms with van der Waals surface area (Å²) in [5.74, 6) is -1.54. The normalized spacial score (nSPS) is 10.5. The monoisotopic (exact) mass is 234 g/mol. The average Bonchev–Trinajstić information content (AvgIpc) is 2.60. The molecule has 0 atom stereocenters. The number of para-hydroxylation sites is 1. The zero-order valence-electron chi connectivity index (χ0n) is 9.44. The molecular weight excluding hydrogens is 223 g/mol. The number of hydrogen-bond acceptors (Lipinski definition) is 2. The van der Waals surface area contributed by atoms with Gasteiger partial charge in [-0.05, 0) is 25.5 Å². The zero-order chi connectivity index (χ0) is 12.6. The molecular formula is C12H11FN2O2. The lowest BCUT2D eigenvalue weighted by Gasteiger charge is -2.06. The molecule has 0 spiro atoms. The van der Waals surface area contributed by atoms with E-state index in [4.69, 9.17) is 5.11 Å². The second-order valence-electron chi connectivity index (χ2n) is 3.82. The number of aryl methyl sites for hydroxylation is 2. The summed E-state index contributed by atoms with van der Waals surface area (Å²) >= 11 is 0. The molecule has 0 aliphatic carbocycles. The number of hydrogen-bond donors (Lipinski definition) is 1. The molecule has 88 valence electrons. The smallest absolute Gasteiger partial charge is 0.356 e. The zero-order valence-corrected chi connectivity index (χ0v) is 9.44. The SMILES string of the molecule is Cc1cn(-c2c(C)cccc2F)nc1C(=O)O. The molecule has 4 nitrogen and oxygen atoms in total. The van der Waals surface area contributed by atoms with E-state index in [-0.39, 0.29) is 11.4 Å². The maximum absolute atomic E-state index is 13.7. The number of carboxylic acid groups (broad SMARTS) is 1. The largest absolute Gasteiger partial charge is 0.476 e. The molecule has 1 aromatic heterocycles. The van der Waals surface area contributed by atoms with Crippen molar-refractivity contribution in [1.29, 1.82) is 0 Å². The van der Waals surface area contributed by atoms with Gasteiger partial charge in [-0.25, -0.2) is 13.9 Å². The number of halogens is 1. The molecule has 0 radical (unpaired) electrons. The fourth-order valence-electron chi connectivity index (χ4n) is 1.70. The van der Waals surface area contributed by atoms with Crippen molar-refractivity contribution in [2.24, 2.45) is 0 Å². The maximum Gasteiger partial charge on any atom is 0.356 e. The number of carbonyl (C=O) groups is 1. The third-order valence-corrected chi connectivity index (χ3v) is 2.52.